The second kappa shape index (κ2) is 9.97. The first-order valence-electron chi connectivity index (χ1n) is 12.2. The Morgan fingerprint density at radius 1 is 1.22 bits per heavy atom. The van der Waals surface area contributed by atoms with Gasteiger partial charge in [-0.3, -0.25) is 14.6 Å². The standard InChI is InChI=1S/C27H27F3N4O2S/c1-16-17(15-33-9-11-36-12-10-33)13-23(37-16)24-18(14-31)26(32)34(21-7-4-8-22(35)25(21)24)20-6-3-2-5-19(20)27(28,29)30/h2-3,5-6,13,24H,4,7-12,15,32H2,1H3/t24-/m0/s1. The van der Waals surface area contributed by atoms with Gasteiger partial charge in [-0.2, -0.15) is 18.4 Å². The second-order valence-corrected chi connectivity index (χ2v) is 10.7. The van der Waals surface area contributed by atoms with E-state index in [9.17, 15) is 23.2 Å². The van der Waals surface area contributed by atoms with Gasteiger partial charge >= 0.3 is 6.18 Å². The van der Waals surface area contributed by atoms with Gasteiger partial charge in [0.2, 0.25) is 0 Å². The Hall–Kier alpha value is -3.13. The Morgan fingerprint density at radius 3 is 2.65 bits per heavy atom. The lowest BCUT2D eigenvalue weighted by Crippen LogP contribution is -2.39. The van der Waals surface area contributed by atoms with Gasteiger partial charge in [-0.05, 0) is 43.5 Å². The Morgan fingerprint density at radius 2 is 1.95 bits per heavy atom. The minimum atomic E-state index is -4.63. The predicted molar refractivity (Wildman–Crippen MR) is 135 cm³/mol. The molecule has 0 radical (unpaired) electrons. The van der Waals surface area contributed by atoms with Gasteiger partial charge in [0, 0.05) is 47.1 Å². The largest absolute Gasteiger partial charge is 0.418 e. The number of halogens is 3. The molecular weight excluding hydrogens is 501 g/mol. The minimum Gasteiger partial charge on any atom is -0.384 e. The fourth-order valence-corrected chi connectivity index (χ4v) is 6.56. The summed E-state index contributed by atoms with van der Waals surface area (Å²) in [4.78, 5) is 18.8. The molecule has 1 aromatic heterocycles. The van der Waals surface area contributed by atoms with Gasteiger partial charge in [0.05, 0.1) is 42.0 Å². The highest BCUT2D eigenvalue weighted by atomic mass is 32.1. The topological polar surface area (TPSA) is 82.6 Å². The first-order chi connectivity index (χ1) is 17.7. The fraction of sp³-hybridized carbons (Fsp3) is 0.407. The number of rotatable bonds is 4. The average Bonchev–Trinajstić information content (AvgIpc) is 3.23. The quantitative estimate of drug-likeness (QED) is 0.587. The summed E-state index contributed by atoms with van der Waals surface area (Å²) in [6.45, 7) is 5.74. The Balaban J connectivity index is 1.63. The van der Waals surface area contributed by atoms with Crippen molar-refractivity contribution < 1.29 is 22.7 Å². The molecular formula is C27H27F3N4O2S. The van der Waals surface area contributed by atoms with Crippen LogP contribution in [0.2, 0.25) is 0 Å². The second-order valence-electron chi connectivity index (χ2n) is 9.45. The number of hydrogen-bond acceptors (Lipinski definition) is 7. The van der Waals surface area contributed by atoms with Crippen molar-refractivity contribution in [3.63, 3.8) is 0 Å². The van der Waals surface area contributed by atoms with Crippen LogP contribution in [0, 0.1) is 18.3 Å². The molecule has 0 bridgehead atoms. The van der Waals surface area contributed by atoms with E-state index in [0.717, 1.165) is 41.0 Å². The number of Topliss-reactive ketones (excluding diaryl/α,β-unsaturated/α-hetero) is 1. The van der Waals surface area contributed by atoms with E-state index in [1.807, 2.05) is 13.0 Å². The van der Waals surface area contributed by atoms with Crippen molar-refractivity contribution in [3.05, 3.63) is 73.9 Å². The summed E-state index contributed by atoms with van der Waals surface area (Å²) < 4.78 is 47.3. The molecule has 0 spiro atoms. The number of aryl methyl sites for hydroxylation is 1. The van der Waals surface area contributed by atoms with Crippen molar-refractivity contribution in [3.8, 4) is 6.07 Å². The summed E-state index contributed by atoms with van der Waals surface area (Å²) in [6.07, 6.45) is -3.43. The van der Waals surface area contributed by atoms with E-state index >= 15 is 0 Å². The first-order valence-corrected chi connectivity index (χ1v) is 13.0. The maximum Gasteiger partial charge on any atom is 0.418 e. The van der Waals surface area contributed by atoms with Crippen LogP contribution in [0.25, 0.3) is 0 Å². The molecule has 3 aliphatic rings. The van der Waals surface area contributed by atoms with E-state index in [1.54, 1.807) is 0 Å². The molecule has 37 heavy (non-hydrogen) atoms. The number of benzene rings is 1. The molecule has 1 fully saturated rings. The van der Waals surface area contributed by atoms with E-state index in [-0.39, 0.29) is 29.3 Å². The van der Waals surface area contributed by atoms with Gasteiger partial charge in [0.15, 0.2) is 5.78 Å². The summed E-state index contributed by atoms with van der Waals surface area (Å²) in [6, 6.07) is 9.32. The highest BCUT2D eigenvalue weighted by Crippen LogP contribution is 2.50. The van der Waals surface area contributed by atoms with Crippen molar-refractivity contribution >= 4 is 22.8 Å². The molecule has 0 saturated carbocycles. The Bertz CT molecular complexity index is 1330. The lowest BCUT2D eigenvalue weighted by Gasteiger charge is -2.40. The van der Waals surface area contributed by atoms with E-state index in [4.69, 9.17) is 10.5 Å². The number of carbonyl (C=O) groups is 1. The summed E-state index contributed by atoms with van der Waals surface area (Å²) in [5.41, 5.74) is 7.52. The third-order valence-corrected chi connectivity index (χ3v) is 8.34. The number of para-hydroxylation sites is 1. The van der Waals surface area contributed by atoms with E-state index in [1.165, 1.54) is 34.4 Å². The molecule has 10 heteroatoms. The highest BCUT2D eigenvalue weighted by Gasteiger charge is 2.43. The number of ketones is 1. The first kappa shape index (κ1) is 25.5. The van der Waals surface area contributed by atoms with Crippen LogP contribution in [0.5, 0.6) is 0 Å². The molecule has 1 aromatic carbocycles. The number of nitrogens with zero attached hydrogens (tertiary/aromatic N) is 3. The zero-order chi connectivity index (χ0) is 26.3. The van der Waals surface area contributed by atoms with Crippen LogP contribution in [0.1, 0.15) is 46.1 Å². The van der Waals surface area contributed by atoms with Gasteiger partial charge in [0.25, 0.3) is 0 Å². The van der Waals surface area contributed by atoms with Crippen LogP contribution in [-0.4, -0.2) is 37.0 Å². The zero-order valence-corrected chi connectivity index (χ0v) is 21.2. The van der Waals surface area contributed by atoms with E-state index < -0.39 is 17.7 Å². The fourth-order valence-electron chi connectivity index (χ4n) is 5.40. The number of ether oxygens (including phenoxy) is 1. The number of carbonyl (C=O) groups excluding carboxylic acids is 1. The zero-order valence-electron chi connectivity index (χ0n) is 20.4. The van der Waals surface area contributed by atoms with Gasteiger partial charge < -0.3 is 10.5 Å². The number of nitriles is 1. The van der Waals surface area contributed by atoms with E-state index in [2.05, 4.69) is 11.0 Å². The number of anilines is 1. The lowest BCUT2D eigenvalue weighted by molar-refractivity contribution is -0.137. The number of morpholine rings is 1. The lowest BCUT2D eigenvalue weighted by atomic mass is 9.78. The Labute approximate surface area is 217 Å². The van der Waals surface area contributed by atoms with Crippen LogP contribution in [0.15, 0.2) is 53.0 Å². The van der Waals surface area contributed by atoms with Crippen molar-refractivity contribution in [1.29, 1.82) is 5.26 Å². The maximum absolute atomic E-state index is 13.9. The summed E-state index contributed by atoms with van der Waals surface area (Å²) >= 11 is 1.51. The van der Waals surface area contributed by atoms with Crippen molar-refractivity contribution in [1.82, 2.24) is 4.90 Å². The predicted octanol–water partition coefficient (Wildman–Crippen LogP) is 5.21. The number of thiophene rings is 1. The molecule has 6 nitrogen and oxygen atoms in total. The number of alkyl halides is 3. The third-order valence-electron chi connectivity index (χ3n) is 7.19. The van der Waals surface area contributed by atoms with Crippen molar-refractivity contribution in [2.45, 2.75) is 44.8 Å². The summed E-state index contributed by atoms with van der Waals surface area (Å²) in [5.74, 6) is -0.899. The van der Waals surface area contributed by atoms with Gasteiger partial charge in [-0.15, -0.1) is 11.3 Å². The van der Waals surface area contributed by atoms with Crippen LogP contribution < -0.4 is 10.6 Å². The molecule has 194 valence electrons. The molecule has 2 aliphatic heterocycles. The van der Waals surface area contributed by atoms with Crippen LogP contribution in [0.4, 0.5) is 18.9 Å². The molecule has 2 N–H and O–H groups in total. The normalized spacial score (nSPS) is 21.3. The summed E-state index contributed by atoms with van der Waals surface area (Å²) in [5, 5.41) is 10.2. The van der Waals surface area contributed by atoms with Crippen LogP contribution in [0.3, 0.4) is 0 Å². The molecule has 2 aromatic rings. The molecule has 0 amide bonds. The third kappa shape index (κ3) is 4.67. The van der Waals surface area contributed by atoms with Gasteiger partial charge in [-0.1, -0.05) is 12.1 Å². The number of allylic oxidation sites excluding steroid dienone is 3. The molecule has 1 aliphatic carbocycles. The summed E-state index contributed by atoms with van der Waals surface area (Å²) in [7, 11) is 0. The Kier molecular flexibility index (Phi) is 6.88. The molecule has 0 unspecified atom stereocenters. The number of nitrogens with two attached hydrogens (primary N) is 1. The molecule has 5 rings (SSSR count). The van der Waals surface area contributed by atoms with E-state index in [0.29, 0.717) is 37.3 Å². The van der Waals surface area contributed by atoms with Crippen LogP contribution in [-0.2, 0) is 22.3 Å². The van der Waals surface area contributed by atoms with Gasteiger partial charge in [-0.25, -0.2) is 0 Å². The monoisotopic (exact) mass is 528 g/mol. The van der Waals surface area contributed by atoms with Gasteiger partial charge in [0.1, 0.15) is 5.82 Å². The van der Waals surface area contributed by atoms with Crippen molar-refractivity contribution in [2.75, 3.05) is 31.2 Å². The minimum absolute atomic E-state index is 0.0570. The molecule has 3 heterocycles. The van der Waals surface area contributed by atoms with Crippen LogP contribution >= 0.6 is 11.3 Å². The molecule has 1 saturated heterocycles. The SMILES string of the molecule is Cc1sc([C@@H]2C(C#N)=C(N)N(c3ccccc3C(F)(F)F)C3=C2C(=O)CCC3)cc1CN1CCOCC1. The highest BCUT2D eigenvalue weighted by molar-refractivity contribution is 7.12. The smallest absolute Gasteiger partial charge is 0.384 e. The number of hydrogen-bond donors (Lipinski definition) is 1. The van der Waals surface area contributed by atoms with Crippen molar-refractivity contribution in [2.24, 2.45) is 5.73 Å². The average molecular weight is 529 g/mol. The maximum atomic E-state index is 13.9. The molecule has 1 atom stereocenters.